The summed E-state index contributed by atoms with van der Waals surface area (Å²) in [6.07, 6.45) is 6.93. The van der Waals surface area contributed by atoms with Gasteiger partial charge in [-0.25, -0.2) is 0 Å². The minimum atomic E-state index is 0.324. The number of nitrogens with one attached hydrogen (secondary N) is 1. The molecule has 4 nitrogen and oxygen atoms in total. The molecule has 0 amide bonds. The molecule has 0 aromatic carbocycles. The summed E-state index contributed by atoms with van der Waals surface area (Å²) in [6, 6.07) is 0.533. The van der Waals surface area contributed by atoms with E-state index >= 15 is 0 Å². The van der Waals surface area contributed by atoms with E-state index in [0.29, 0.717) is 18.2 Å². The van der Waals surface area contributed by atoms with Crippen LogP contribution in [0.2, 0.25) is 0 Å². The molecule has 0 radical (unpaired) electrons. The van der Waals surface area contributed by atoms with Gasteiger partial charge in [-0.2, -0.15) is 5.10 Å². The molecule has 0 spiro atoms. The molecular formula is C12H20IN3O. The Morgan fingerprint density at radius 2 is 2.29 bits per heavy atom. The molecule has 17 heavy (non-hydrogen) atoms. The SMILES string of the molecule is CC(C)NCC1CCC(Cn2cc(I)cn2)O1. The second-order valence-corrected chi connectivity index (χ2v) is 6.15. The van der Waals surface area contributed by atoms with Crippen molar-refractivity contribution in [3.63, 3.8) is 0 Å². The van der Waals surface area contributed by atoms with E-state index < -0.39 is 0 Å². The first-order chi connectivity index (χ1) is 8.13. The van der Waals surface area contributed by atoms with Crippen LogP contribution in [0.4, 0.5) is 0 Å². The lowest BCUT2D eigenvalue weighted by molar-refractivity contribution is 0.0333. The highest BCUT2D eigenvalue weighted by atomic mass is 127. The van der Waals surface area contributed by atoms with E-state index in [2.05, 4.69) is 53.1 Å². The van der Waals surface area contributed by atoms with Gasteiger partial charge in [0.15, 0.2) is 0 Å². The number of hydrogen-bond acceptors (Lipinski definition) is 3. The molecule has 0 bridgehead atoms. The molecule has 0 aliphatic carbocycles. The Balaban J connectivity index is 1.74. The average Bonchev–Trinajstić information content (AvgIpc) is 2.86. The maximum absolute atomic E-state index is 6.00. The van der Waals surface area contributed by atoms with Crippen LogP contribution in [0.15, 0.2) is 12.4 Å². The monoisotopic (exact) mass is 349 g/mol. The molecule has 1 fully saturated rings. The van der Waals surface area contributed by atoms with Crippen molar-refractivity contribution in [1.29, 1.82) is 0 Å². The summed E-state index contributed by atoms with van der Waals surface area (Å²) in [4.78, 5) is 0. The highest BCUT2D eigenvalue weighted by molar-refractivity contribution is 14.1. The molecule has 2 unspecified atom stereocenters. The third-order valence-electron chi connectivity index (χ3n) is 2.94. The lowest BCUT2D eigenvalue weighted by Crippen LogP contribution is -2.32. The molecule has 1 aliphatic rings. The van der Waals surface area contributed by atoms with E-state index in [0.717, 1.165) is 25.9 Å². The van der Waals surface area contributed by atoms with E-state index in [1.54, 1.807) is 0 Å². The highest BCUT2D eigenvalue weighted by Gasteiger charge is 2.25. The maximum Gasteiger partial charge on any atom is 0.0776 e. The van der Waals surface area contributed by atoms with E-state index in [1.165, 1.54) is 3.57 Å². The molecule has 1 aromatic heterocycles. The largest absolute Gasteiger partial charge is 0.372 e. The summed E-state index contributed by atoms with van der Waals surface area (Å²) in [5.74, 6) is 0. The van der Waals surface area contributed by atoms with Gasteiger partial charge in [-0.05, 0) is 35.4 Å². The van der Waals surface area contributed by atoms with Gasteiger partial charge in [0.05, 0.1) is 28.5 Å². The Morgan fingerprint density at radius 3 is 2.94 bits per heavy atom. The van der Waals surface area contributed by atoms with Crippen LogP contribution in [0, 0.1) is 3.57 Å². The molecule has 2 heterocycles. The third-order valence-corrected chi connectivity index (χ3v) is 3.50. The minimum absolute atomic E-state index is 0.324. The van der Waals surface area contributed by atoms with Gasteiger partial charge in [0.25, 0.3) is 0 Å². The van der Waals surface area contributed by atoms with Gasteiger partial charge in [0, 0.05) is 18.8 Å². The van der Waals surface area contributed by atoms with Crippen molar-refractivity contribution in [2.75, 3.05) is 6.54 Å². The smallest absolute Gasteiger partial charge is 0.0776 e. The fourth-order valence-corrected chi connectivity index (χ4v) is 2.52. The topological polar surface area (TPSA) is 39.1 Å². The number of rotatable bonds is 5. The highest BCUT2D eigenvalue weighted by Crippen LogP contribution is 2.20. The zero-order valence-corrected chi connectivity index (χ0v) is 12.6. The van der Waals surface area contributed by atoms with Crippen LogP contribution >= 0.6 is 22.6 Å². The van der Waals surface area contributed by atoms with Gasteiger partial charge in [0.1, 0.15) is 0 Å². The zero-order valence-electron chi connectivity index (χ0n) is 10.4. The fraction of sp³-hybridized carbons (Fsp3) is 0.750. The standard InChI is InChI=1S/C12H20IN3O/c1-9(2)14-6-11-3-4-12(17-11)8-16-7-10(13)5-15-16/h5,7,9,11-12,14H,3-4,6,8H2,1-2H3. The van der Waals surface area contributed by atoms with Gasteiger partial charge in [0.2, 0.25) is 0 Å². The Kier molecular flexibility index (Phi) is 4.81. The fourth-order valence-electron chi connectivity index (χ4n) is 2.08. The maximum atomic E-state index is 6.00. The molecule has 1 N–H and O–H groups in total. The lowest BCUT2D eigenvalue weighted by atomic mass is 10.2. The number of aromatic nitrogens is 2. The number of nitrogens with zero attached hydrogens (tertiary/aromatic N) is 2. The summed E-state index contributed by atoms with van der Waals surface area (Å²) in [5, 5.41) is 7.72. The molecule has 0 saturated carbocycles. The average molecular weight is 349 g/mol. The Bertz CT molecular complexity index is 353. The van der Waals surface area contributed by atoms with Gasteiger partial charge in [-0.3, -0.25) is 4.68 Å². The minimum Gasteiger partial charge on any atom is -0.372 e. The van der Waals surface area contributed by atoms with Gasteiger partial charge < -0.3 is 10.1 Å². The molecule has 2 atom stereocenters. The summed E-state index contributed by atoms with van der Waals surface area (Å²) in [5.41, 5.74) is 0. The predicted molar refractivity (Wildman–Crippen MR) is 76.0 cm³/mol. The Labute approximate surface area is 116 Å². The quantitative estimate of drug-likeness (QED) is 0.827. The van der Waals surface area contributed by atoms with Crippen molar-refractivity contribution in [2.24, 2.45) is 0 Å². The van der Waals surface area contributed by atoms with Crippen molar-refractivity contribution >= 4 is 22.6 Å². The van der Waals surface area contributed by atoms with E-state index in [9.17, 15) is 0 Å². The summed E-state index contributed by atoms with van der Waals surface area (Å²) in [7, 11) is 0. The number of ether oxygens (including phenoxy) is 1. The first-order valence-corrected chi connectivity index (χ1v) is 7.28. The third kappa shape index (κ3) is 4.22. The Morgan fingerprint density at radius 1 is 1.53 bits per heavy atom. The summed E-state index contributed by atoms with van der Waals surface area (Å²) >= 11 is 2.28. The van der Waals surface area contributed by atoms with Crippen molar-refractivity contribution in [1.82, 2.24) is 15.1 Å². The normalized spacial score (nSPS) is 24.7. The van der Waals surface area contributed by atoms with E-state index in [4.69, 9.17) is 4.74 Å². The Hall–Kier alpha value is -0.140. The van der Waals surface area contributed by atoms with Gasteiger partial charge >= 0.3 is 0 Å². The van der Waals surface area contributed by atoms with Crippen molar-refractivity contribution in [3.05, 3.63) is 16.0 Å². The summed E-state index contributed by atoms with van der Waals surface area (Å²) < 4.78 is 9.16. The van der Waals surface area contributed by atoms with Gasteiger partial charge in [-0.15, -0.1) is 0 Å². The van der Waals surface area contributed by atoms with Crippen LogP contribution in [0.5, 0.6) is 0 Å². The predicted octanol–water partition coefficient (Wildman–Crippen LogP) is 2.03. The first-order valence-electron chi connectivity index (χ1n) is 6.20. The van der Waals surface area contributed by atoms with E-state index in [-0.39, 0.29) is 0 Å². The molecule has 1 aromatic rings. The van der Waals surface area contributed by atoms with Crippen LogP contribution in [0.1, 0.15) is 26.7 Å². The van der Waals surface area contributed by atoms with Crippen LogP contribution in [-0.2, 0) is 11.3 Å². The molecule has 96 valence electrons. The molecule has 1 saturated heterocycles. The second-order valence-electron chi connectivity index (χ2n) is 4.90. The molecular weight excluding hydrogens is 329 g/mol. The molecule has 5 heteroatoms. The first kappa shape index (κ1) is 13.3. The van der Waals surface area contributed by atoms with Crippen LogP contribution < -0.4 is 5.32 Å². The van der Waals surface area contributed by atoms with Crippen molar-refractivity contribution in [3.8, 4) is 0 Å². The van der Waals surface area contributed by atoms with Crippen molar-refractivity contribution < 1.29 is 4.74 Å². The van der Waals surface area contributed by atoms with Crippen LogP contribution in [0.3, 0.4) is 0 Å². The second kappa shape index (κ2) is 6.15. The van der Waals surface area contributed by atoms with Gasteiger partial charge in [-0.1, -0.05) is 13.8 Å². The zero-order chi connectivity index (χ0) is 12.3. The van der Waals surface area contributed by atoms with E-state index in [1.807, 2.05) is 10.9 Å². The number of hydrogen-bond donors (Lipinski definition) is 1. The van der Waals surface area contributed by atoms with Crippen LogP contribution in [-0.4, -0.2) is 34.6 Å². The van der Waals surface area contributed by atoms with Crippen molar-refractivity contribution in [2.45, 2.75) is 51.5 Å². The molecule has 2 rings (SSSR count). The molecule has 1 aliphatic heterocycles. The van der Waals surface area contributed by atoms with Crippen LogP contribution in [0.25, 0.3) is 0 Å². The summed E-state index contributed by atoms with van der Waals surface area (Å²) in [6.45, 7) is 6.17. The lowest BCUT2D eigenvalue weighted by Gasteiger charge is -2.16. The number of halogens is 1.